The van der Waals surface area contributed by atoms with Gasteiger partial charge in [0.2, 0.25) is 5.95 Å². The lowest BCUT2D eigenvalue weighted by atomic mass is 10.3. The first kappa shape index (κ1) is 21.7. The maximum absolute atomic E-state index is 12.2. The smallest absolute Gasteiger partial charge is 0.229 e. The summed E-state index contributed by atoms with van der Waals surface area (Å²) in [5, 5.41) is 8.22. The van der Waals surface area contributed by atoms with E-state index in [-0.39, 0.29) is 0 Å². The standard InChI is InChI=1S/C21H24ClN4OPS/c1-14(2)29-19-8-6-5-7-18(19)25-20-17(22)13-23-21(26-20)24-15-9-11-16(12-10-15)28(3,4)27/h5-14H,1-4H3,(H2,23,24,25,26). The van der Waals surface area contributed by atoms with Gasteiger partial charge in [0.25, 0.3) is 0 Å². The molecule has 152 valence electrons. The maximum atomic E-state index is 12.2. The Labute approximate surface area is 181 Å². The molecule has 0 saturated heterocycles. The lowest BCUT2D eigenvalue weighted by Crippen LogP contribution is -2.04. The summed E-state index contributed by atoms with van der Waals surface area (Å²) in [6.45, 7) is 7.82. The van der Waals surface area contributed by atoms with Gasteiger partial charge in [-0.3, -0.25) is 0 Å². The van der Waals surface area contributed by atoms with Crippen molar-refractivity contribution in [2.45, 2.75) is 24.0 Å². The van der Waals surface area contributed by atoms with Gasteiger partial charge >= 0.3 is 0 Å². The van der Waals surface area contributed by atoms with Crippen LogP contribution in [0.2, 0.25) is 5.02 Å². The van der Waals surface area contributed by atoms with Crippen LogP contribution in [0.25, 0.3) is 0 Å². The highest BCUT2D eigenvalue weighted by atomic mass is 35.5. The summed E-state index contributed by atoms with van der Waals surface area (Å²) in [7, 11) is -2.28. The Morgan fingerprint density at radius 1 is 1.03 bits per heavy atom. The molecule has 0 radical (unpaired) electrons. The fourth-order valence-corrected chi connectivity index (χ4v) is 4.52. The normalized spacial score (nSPS) is 11.5. The fraction of sp³-hybridized carbons (Fsp3) is 0.238. The Balaban J connectivity index is 1.81. The van der Waals surface area contributed by atoms with E-state index in [0.29, 0.717) is 22.0 Å². The maximum Gasteiger partial charge on any atom is 0.229 e. The molecule has 0 unspecified atom stereocenters. The zero-order valence-corrected chi connectivity index (χ0v) is 19.3. The summed E-state index contributed by atoms with van der Waals surface area (Å²) in [5.41, 5.74) is 1.76. The molecule has 3 rings (SSSR count). The predicted octanol–water partition coefficient (Wildman–Crippen LogP) is 6.37. The average Bonchev–Trinajstić information content (AvgIpc) is 2.65. The number of hydrogen-bond donors (Lipinski definition) is 2. The molecule has 5 nitrogen and oxygen atoms in total. The van der Waals surface area contributed by atoms with E-state index >= 15 is 0 Å². The van der Waals surface area contributed by atoms with Gasteiger partial charge in [-0.25, -0.2) is 4.98 Å². The van der Waals surface area contributed by atoms with Crippen molar-refractivity contribution in [1.82, 2.24) is 9.97 Å². The van der Waals surface area contributed by atoms with E-state index < -0.39 is 7.14 Å². The van der Waals surface area contributed by atoms with Crippen molar-refractivity contribution >= 4 is 59.0 Å². The molecule has 8 heteroatoms. The minimum Gasteiger partial charge on any atom is -0.338 e. The monoisotopic (exact) mass is 446 g/mol. The number of nitrogens with zero attached hydrogens (tertiary/aromatic N) is 2. The van der Waals surface area contributed by atoms with Crippen molar-refractivity contribution in [3.05, 3.63) is 59.8 Å². The van der Waals surface area contributed by atoms with Gasteiger partial charge in [-0.05, 0) is 49.7 Å². The summed E-state index contributed by atoms with van der Waals surface area (Å²) < 4.78 is 12.2. The van der Waals surface area contributed by atoms with Crippen molar-refractivity contribution in [1.29, 1.82) is 0 Å². The number of halogens is 1. The third-order valence-corrected chi connectivity index (χ3v) is 6.89. The van der Waals surface area contributed by atoms with Crippen LogP contribution in [0, 0.1) is 0 Å². The van der Waals surface area contributed by atoms with Crippen molar-refractivity contribution < 1.29 is 4.57 Å². The highest BCUT2D eigenvalue weighted by molar-refractivity contribution is 8.00. The second-order valence-corrected chi connectivity index (χ2v) is 12.4. The lowest BCUT2D eigenvalue weighted by molar-refractivity contribution is 0.588. The van der Waals surface area contributed by atoms with Crippen LogP contribution >= 0.6 is 30.5 Å². The summed E-state index contributed by atoms with van der Waals surface area (Å²) in [6.07, 6.45) is 1.57. The van der Waals surface area contributed by atoms with E-state index in [2.05, 4.69) is 40.5 Å². The summed E-state index contributed by atoms with van der Waals surface area (Å²) in [6, 6.07) is 15.5. The second-order valence-electron chi connectivity index (χ2n) is 7.20. The van der Waals surface area contributed by atoms with Crippen LogP contribution in [0.4, 0.5) is 23.1 Å². The molecule has 0 fully saturated rings. The summed E-state index contributed by atoms with van der Waals surface area (Å²) in [5.74, 6) is 0.957. The number of para-hydroxylation sites is 1. The quantitative estimate of drug-likeness (QED) is 0.325. The van der Waals surface area contributed by atoms with E-state index in [1.807, 2.05) is 42.5 Å². The van der Waals surface area contributed by atoms with Crippen molar-refractivity contribution in [2.24, 2.45) is 0 Å². The minimum absolute atomic E-state index is 0.426. The summed E-state index contributed by atoms with van der Waals surface area (Å²) in [4.78, 5) is 9.92. The third-order valence-electron chi connectivity index (χ3n) is 3.99. The first-order valence-electron chi connectivity index (χ1n) is 9.20. The molecule has 0 amide bonds. The van der Waals surface area contributed by atoms with Crippen LogP contribution in [0.1, 0.15) is 13.8 Å². The lowest BCUT2D eigenvalue weighted by Gasteiger charge is -2.14. The van der Waals surface area contributed by atoms with Gasteiger partial charge < -0.3 is 15.2 Å². The Bertz CT molecular complexity index is 1040. The molecule has 1 aromatic heterocycles. The van der Waals surface area contributed by atoms with Gasteiger partial charge in [-0.2, -0.15) is 4.98 Å². The van der Waals surface area contributed by atoms with Gasteiger partial charge in [0.05, 0.1) is 11.9 Å². The number of anilines is 4. The van der Waals surface area contributed by atoms with Crippen molar-refractivity contribution in [3.63, 3.8) is 0 Å². The van der Waals surface area contributed by atoms with E-state index in [0.717, 1.165) is 21.6 Å². The number of rotatable bonds is 7. The van der Waals surface area contributed by atoms with Gasteiger partial charge in [-0.15, -0.1) is 11.8 Å². The molecule has 0 atom stereocenters. The van der Waals surface area contributed by atoms with Gasteiger partial charge in [0.1, 0.15) is 12.2 Å². The van der Waals surface area contributed by atoms with E-state index in [1.54, 1.807) is 31.3 Å². The number of nitrogens with one attached hydrogen (secondary N) is 2. The summed E-state index contributed by atoms with van der Waals surface area (Å²) >= 11 is 8.10. The fourth-order valence-electron chi connectivity index (χ4n) is 2.60. The zero-order valence-electron chi connectivity index (χ0n) is 16.8. The number of thioether (sulfide) groups is 1. The molecule has 0 spiro atoms. The first-order chi connectivity index (χ1) is 13.7. The van der Waals surface area contributed by atoms with Crippen LogP contribution in [0.3, 0.4) is 0 Å². The van der Waals surface area contributed by atoms with Crippen LogP contribution in [0.15, 0.2) is 59.6 Å². The molecule has 0 aliphatic heterocycles. The molecule has 3 aromatic rings. The zero-order chi connectivity index (χ0) is 21.0. The first-order valence-corrected chi connectivity index (χ1v) is 13.1. The predicted molar refractivity (Wildman–Crippen MR) is 127 cm³/mol. The molecular formula is C21H24ClN4OPS. The number of hydrogen-bond acceptors (Lipinski definition) is 6. The molecule has 2 N–H and O–H groups in total. The SMILES string of the molecule is CC(C)Sc1ccccc1Nc1nc(Nc2ccc(P(C)(C)=O)cc2)ncc1Cl. The minimum atomic E-state index is -2.28. The largest absolute Gasteiger partial charge is 0.338 e. The van der Waals surface area contributed by atoms with Crippen LogP contribution in [-0.2, 0) is 4.57 Å². The van der Waals surface area contributed by atoms with Crippen molar-refractivity contribution in [3.8, 4) is 0 Å². The highest BCUT2D eigenvalue weighted by Crippen LogP contribution is 2.35. The molecular weight excluding hydrogens is 423 g/mol. The Morgan fingerprint density at radius 2 is 1.72 bits per heavy atom. The van der Waals surface area contributed by atoms with Gasteiger partial charge in [-0.1, -0.05) is 37.6 Å². The van der Waals surface area contributed by atoms with Crippen LogP contribution in [0.5, 0.6) is 0 Å². The third kappa shape index (κ3) is 5.99. The van der Waals surface area contributed by atoms with Crippen molar-refractivity contribution in [2.75, 3.05) is 24.0 Å². The van der Waals surface area contributed by atoms with E-state index in [4.69, 9.17) is 11.6 Å². The van der Waals surface area contributed by atoms with Gasteiger partial charge in [0.15, 0.2) is 5.82 Å². The average molecular weight is 447 g/mol. The van der Waals surface area contributed by atoms with Crippen LogP contribution in [-0.4, -0.2) is 28.5 Å². The number of benzene rings is 2. The highest BCUT2D eigenvalue weighted by Gasteiger charge is 2.12. The van der Waals surface area contributed by atoms with E-state index in [9.17, 15) is 4.57 Å². The molecule has 0 aliphatic rings. The molecule has 0 saturated carbocycles. The van der Waals surface area contributed by atoms with Gasteiger partial charge in [0, 0.05) is 21.1 Å². The molecule has 1 heterocycles. The molecule has 0 bridgehead atoms. The number of aromatic nitrogens is 2. The Hall–Kier alpha value is -2.01. The molecule has 2 aromatic carbocycles. The van der Waals surface area contributed by atoms with E-state index in [1.165, 1.54) is 0 Å². The topological polar surface area (TPSA) is 66.9 Å². The van der Waals surface area contributed by atoms with Crippen LogP contribution < -0.4 is 15.9 Å². The second kappa shape index (κ2) is 9.21. The molecule has 0 aliphatic carbocycles. The Kier molecular flexibility index (Phi) is 6.89. The molecule has 29 heavy (non-hydrogen) atoms. The Morgan fingerprint density at radius 3 is 2.38 bits per heavy atom.